The highest BCUT2D eigenvalue weighted by molar-refractivity contribution is 5.16. The van der Waals surface area contributed by atoms with E-state index in [1.165, 1.54) is 0 Å². The first kappa shape index (κ1) is 8.90. The molecule has 0 amide bonds. The molecule has 1 atom stereocenters. The number of nitrogens with zero attached hydrogens (tertiary/aromatic N) is 1. The summed E-state index contributed by atoms with van der Waals surface area (Å²) in [6, 6.07) is 5.12. The lowest BCUT2D eigenvalue weighted by Crippen LogP contribution is -2.09. The van der Waals surface area contributed by atoms with Gasteiger partial charge in [-0.25, -0.2) is 0 Å². The fraction of sp³-hybridized carbons (Fsp3) is 0.222. The maximum Gasteiger partial charge on any atom is 0.0853 e. The zero-order valence-electron chi connectivity index (χ0n) is 6.77. The molecule has 0 saturated carbocycles. The van der Waals surface area contributed by atoms with E-state index in [4.69, 9.17) is 10.8 Å². The topological polar surface area (TPSA) is 59.1 Å². The van der Waals surface area contributed by atoms with Gasteiger partial charge in [0.25, 0.3) is 0 Å². The van der Waals surface area contributed by atoms with Gasteiger partial charge in [-0.05, 0) is 12.1 Å². The van der Waals surface area contributed by atoms with Gasteiger partial charge in [0.2, 0.25) is 0 Å². The molecule has 0 aromatic carbocycles. The van der Waals surface area contributed by atoms with Crippen molar-refractivity contribution < 1.29 is 5.11 Å². The standard InChI is InChI=1S/C9H12N2O/c1-2-8(10)9-5-3-4-7(6-12)11-9/h2-5,8,12H,1,6,10H2/t8-/m1/s1. The van der Waals surface area contributed by atoms with E-state index in [1.54, 1.807) is 12.1 Å². The van der Waals surface area contributed by atoms with E-state index in [9.17, 15) is 0 Å². The summed E-state index contributed by atoms with van der Waals surface area (Å²) in [6.07, 6.45) is 1.61. The molecule has 0 bridgehead atoms. The lowest BCUT2D eigenvalue weighted by atomic mass is 10.2. The zero-order valence-corrected chi connectivity index (χ0v) is 6.77. The van der Waals surface area contributed by atoms with E-state index in [1.807, 2.05) is 12.1 Å². The molecule has 0 spiro atoms. The van der Waals surface area contributed by atoms with Crippen LogP contribution in [-0.2, 0) is 6.61 Å². The van der Waals surface area contributed by atoms with Crippen molar-refractivity contribution in [1.82, 2.24) is 4.98 Å². The summed E-state index contributed by atoms with van der Waals surface area (Å²) in [5.74, 6) is 0. The van der Waals surface area contributed by atoms with Crippen LogP contribution in [0.1, 0.15) is 17.4 Å². The van der Waals surface area contributed by atoms with Gasteiger partial charge < -0.3 is 10.8 Å². The second-order valence-corrected chi connectivity index (χ2v) is 2.47. The average Bonchev–Trinajstić information content (AvgIpc) is 2.17. The van der Waals surface area contributed by atoms with Gasteiger partial charge in [-0.2, -0.15) is 0 Å². The molecule has 1 aromatic rings. The van der Waals surface area contributed by atoms with Crippen LogP contribution in [0.3, 0.4) is 0 Å². The molecule has 64 valence electrons. The summed E-state index contributed by atoms with van der Waals surface area (Å²) in [6.45, 7) is 3.51. The highest BCUT2D eigenvalue weighted by atomic mass is 16.3. The number of hydrogen-bond acceptors (Lipinski definition) is 3. The molecular weight excluding hydrogens is 152 g/mol. The SMILES string of the molecule is C=C[C@@H](N)c1cccc(CO)n1. The van der Waals surface area contributed by atoms with E-state index >= 15 is 0 Å². The molecule has 1 heterocycles. The third kappa shape index (κ3) is 1.90. The molecule has 1 aromatic heterocycles. The molecule has 0 unspecified atom stereocenters. The van der Waals surface area contributed by atoms with Gasteiger partial charge in [-0.15, -0.1) is 6.58 Å². The molecular formula is C9H12N2O. The van der Waals surface area contributed by atoms with Crippen molar-refractivity contribution >= 4 is 0 Å². The van der Waals surface area contributed by atoms with Gasteiger partial charge in [-0.1, -0.05) is 12.1 Å². The summed E-state index contributed by atoms with van der Waals surface area (Å²) < 4.78 is 0. The fourth-order valence-corrected chi connectivity index (χ4v) is 0.893. The van der Waals surface area contributed by atoms with Crippen molar-refractivity contribution in [3.63, 3.8) is 0 Å². The lowest BCUT2D eigenvalue weighted by molar-refractivity contribution is 0.276. The minimum atomic E-state index is -0.253. The van der Waals surface area contributed by atoms with Crippen LogP contribution in [0.5, 0.6) is 0 Å². The summed E-state index contributed by atoms with van der Waals surface area (Å²) >= 11 is 0. The predicted octanol–water partition coefficient (Wildman–Crippen LogP) is 0.760. The van der Waals surface area contributed by atoms with E-state index in [0.717, 1.165) is 5.69 Å². The third-order valence-corrected chi connectivity index (χ3v) is 1.59. The number of aromatic nitrogens is 1. The van der Waals surface area contributed by atoms with E-state index < -0.39 is 0 Å². The highest BCUT2D eigenvalue weighted by Crippen LogP contribution is 2.08. The van der Waals surface area contributed by atoms with Gasteiger partial charge in [-0.3, -0.25) is 4.98 Å². The predicted molar refractivity (Wildman–Crippen MR) is 47.3 cm³/mol. The normalized spacial score (nSPS) is 12.5. The van der Waals surface area contributed by atoms with Crippen LogP contribution in [0.4, 0.5) is 0 Å². The summed E-state index contributed by atoms with van der Waals surface area (Å²) in [5, 5.41) is 8.79. The molecule has 0 saturated heterocycles. The summed E-state index contributed by atoms with van der Waals surface area (Å²) in [7, 11) is 0. The van der Waals surface area contributed by atoms with E-state index in [0.29, 0.717) is 5.69 Å². The second-order valence-electron chi connectivity index (χ2n) is 2.47. The maximum atomic E-state index is 8.79. The first-order chi connectivity index (χ1) is 5.77. The molecule has 0 aliphatic heterocycles. The summed E-state index contributed by atoms with van der Waals surface area (Å²) in [5.41, 5.74) is 7.02. The molecule has 0 fully saturated rings. The van der Waals surface area contributed by atoms with Crippen LogP contribution in [-0.4, -0.2) is 10.1 Å². The van der Waals surface area contributed by atoms with Crippen molar-refractivity contribution in [2.75, 3.05) is 0 Å². The van der Waals surface area contributed by atoms with Crippen LogP contribution in [0.15, 0.2) is 30.9 Å². The minimum Gasteiger partial charge on any atom is -0.390 e. The molecule has 1 rings (SSSR count). The number of pyridine rings is 1. The van der Waals surface area contributed by atoms with Gasteiger partial charge >= 0.3 is 0 Å². The smallest absolute Gasteiger partial charge is 0.0853 e. The molecule has 3 N–H and O–H groups in total. The monoisotopic (exact) mass is 164 g/mol. The molecule has 3 heteroatoms. The van der Waals surface area contributed by atoms with Crippen molar-refractivity contribution in [2.24, 2.45) is 5.73 Å². The largest absolute Gasteiger partial charge is 0.390 e. The van der Waals surface area contributed by atoms with Crippen LogP contribution in [0.2, 0.25) is 0 Å². The Labute approximate surface area is 71.6 Å². The Hall–Kier alpha value is -1.19. The molecule has 0 aliphatic rings. The number of rotatable bonds is 3. The Balaban J connectivity index is 2.93. The van der Waals surface area contributed by atoms with Crippen molar-refractivity contribution in [3.05, 3.63) is 42.2 Å². The van der Waals surface area contributed by atoms with Gasteiger partial charge in [0, 0.05) is 0 Å². The first-order valence-corrected chi connectivity index (χ1v) is 3.72. The van der Waals surface area contributed by atoms with Crippen LogP contribution in [0.25, 0.3) is 0 Å². The van der Waals surface area contributed by atoms with Crippen LogP contribution < -0.4 is 5.73 Å². The third-order valence-electron chi connectivity index (χ3n) is 1.59. The Bertz CT molecular complexity index is 273. The number of aliphatic hydroxyl groups is 1. The molecule has 0 aliphatic carbocycles. The average molecular weight is 164 g/mol. The fourth-order valence-electron chi connectivity index (χ4n) is 0.893. The Morgan fingerprint density at radius 1 is 1.67 bits per heavy atom. The Kier molecular flexibility index (Phi) is 2.96. The zero-order chi connectivity index (χ0) is 8.97. The van der Waals surface area contributed by atoms with Gasteiger partial charge in [0.15, 0.2) is 0 Å². The number of hydrogen-bond donors (Lipinski definition) is 2. The van der Waals surface area contributed by atoms with Crippen molar-refractivity contribution in [2.45, 2.75) is 12.6 Å². The lowest BCUT2D eigenvalue weighted by Gasteiger charge is -2.05. The number of nitrogens with two attached hydrogens (primary N) is 1. The van der Waals surface area contributed by atoms with E-state index in [2.05, 4.69) is 11.6 Å². The molecule has 0 radical (unpaired) electrons. The minimum absolute atomic E-state index is 0.0578. The Morgan fingerprint density at radius 3 is 3.00 bits per heavy atom. The Morgan fingerprint density at radius 2 is 2.42 bits per heavy atom. The second kappa shape index (κ2) is 3.99. The van der Waals surface area contributed by atoms with Crippen molar-refractivity contribution in [3.8, 4) is 0 Å². The van der Waals surface area contributed by atoms with Crippen LogP contribution >= 0.6 is 0 Å². The quantitative estimate of drug-likeness (QED) is 0.648. The van der Waals surface area contributed by atoms with Crippen molar-refractivity contribution in [1.29, 1.82) is 0 Å². The highest BCUT2D eigenvalue weighted by Gasteiger charge is 2.02. The molecule has 12 heavy (non-hydrogen) atoms. The first-order valence-electron chi connectivity index (χ1n) is 3.72. The number of aliphatic hydroxyl groups excluding tert-OH is 1. The van der Waals surface area contributed by atoms with Crippen LogP contribution in [0, 0.1) is 0 Å². The van der Waals surface area contributed by atoms with E-state index in [-0.39, 0.29) is 12.6 Å². The van der Waals surface area contributed by atoms with Gasteiger partial charge in [0.1, 0.15) is 0 Å². The summed E-state index contributed by atoms with van der Waals surface area (Å²) in [4.78, 5) is 4.12. The van der Waals surface area contributed by atoms with Gasteiger partial charge in [0.05, 0.1) is 24.0 Å². The molecule has 3 nitrogen and oxygen atoms in total. The maximum absolute atomic E-state index is 8.79.